The molecule has 0 bridgehead atoms. The fraction of sp³-hybridized carbons (Fsp3) is 0.400. The Morgan fingerprint density at radius 2 is 1.91 bits per heavy atom. The lowest BCUT2D eigenvalue weighted by Crippen LogP contribution is -2.46. The lowest BCUT2D eigenvalue weighted by atomic mass is 10.2. The van der Waals surface area contributed by atoms with E-state index in [2.05, 4.69) is 31.5 Å². The lowest BCUT2D eigenvalue weighted by molar-refractivity contribution is -0.118. The quantitative estimate of drug-likeness (QED) is 0.836. The van der Waals surface area contributed by atoms with Gasteiger partial charge in [-0.25, -0.2) is 4.98 Å². The van der Waals surface area contributed by atoms with Gasteiger partial charge >= 0.3 is 0 Å². The fourth-order valence-corrected chi connectivity index (χ4v) is 2.54. The molecule has 0 saturated carbocycles. The molecule has 1 fully saturated rings. The zero-order valence-electron chi connectivity index (χ0n) is 12.8. The van der Waals surface area contributed by atoms with Gasteiger partial charge in [-0.3, -0.25) is 9.89 Å². The van der Waals surface area contributed by atoms with Gasteiger partial charge < -0.3 is 15.1 Å². The van der Waals surface area contributed by atoms with Gasteiger partial charge in [-0.15, -0.1) is 0 Å². The molecule has 116 valence electrons. The zero-order chi connectivity index (χ0) is 15.5. The van der Waals surface area contributed by atoms with Crippen molar-refractivity contribution in [2.75, 3.05) is 36.4 Å². The van der Waals surface area contributed by atoms with E-state index in [4.69, 9.17) is 0 Å². The van der Waals surface area contributed by atoms with E-state index in [1.54, 1.807) is 4.90 Å². The van der Waals surface area contributed by atoms with Crippen LogP contribution in [-0.2, 0) is 4.79 Å². The first-order valence-corrected chi connectivity index (χ1v) is 7.36. The summed E-state index contributed by atoms with van der Waals surface area (Å²) in [5, 5.41) is 10.3. The molecule has 1 aliphatic rings. The molecule has 2 aromatic heterocycles. The first kappa shape index (κ1) is 14.4. The van der Waals surface area contributed by atoms with Gasteiger partial charge in [0, 0.05) is 37.9 Å². The molecule has 0 unspecified atom stereocenters. The van der Waals surface area contributed by atoms with Crippen LogP contribution in [0, 0.1) is 13.8 Å². The molecule has 0 aromatic carbocycles. The van der Waals surface area contributed by atoms with Crippen molar-refractivity contribution in [3.8, 4) is 0 Å². The highest BCUT2D eigenvalue weighted by molar-refractivity contribution is 5.57. The Morgan fingerprint density at radius 3 is 2.55 bits per heavy atom. The molecule has 7 heteroatoms. The van der Waals surface area contributed by atoms with Crippen LogP contribution in [0.4, 0.5) is 17.5 Å². The SMILES string of the molecule is Cc1cc(Nc2cc(C)[nH]n2)nc(N2CCN(C=O)CC2)c1. The first-order chi connectivity index (χ1) is 10.6. The molecule has 1 saturated heterocycles. The Kier molecular flexibility index (Phi) is 3.95. The molecule has 2 aromatic rings. The molecule has 1 aliphatic heterocycles. The monoisotopic (exact) mass is 300 g/mol. The van der Waals surface area contributed by atoms with Gasteiger partial charge in [0.15, 0.2) is 5.82 Å². The molecular formula is C15H20N6O. The van der Waals surface area contributed by atoms with Crippen LogP contribution in [0.15, 0.2) is 18.2 Å². The average molecular weight is 300 g/mol. The Balaban J connectivity index is 1.76. The summed E-state index contributed by atoms with van der Waals surface area (Å²) in [5.74, 6) is 2.46. The maximum Gasteiger partial charge on any atom is 0.209 e. The molecule has 3 rings (SSSR count). The molecule has 2 N–H and O–H groups in total. The van der Waals surface area contributed by atoms with Crippen molar-refractivity contribution in [2.24, 2.45) is 0 Å². The molecule has 1 amide bonds. The number of rotatable bonds is 4. The number of aromatic nitrogens is 3. The largest absolute Gasteiger partial charge is 0.353 e. The maximum atomic E-state index is 10.8. The van der Waals surface area contributed by atoms with Crippen molar-refractivity contribution in [3.05, 3.63) is 29.5 Å². The zero-order valence-corrected chi connectivity index (χ0v) is 12.8. The number of carbonyl (C=O) groups is 1. The van der Waals surface area contributed by atoms with E-state index in [1.165, 1.54) is 0 Å². The Morgan fingerprint density at radius 1 is 1.14 bits per heavy atom. The normalized spacial score (nSPS) is 15.0. The summed E-state index contributed by atoms with van der Waals surface area (Å²) in [6, 6.07) is 6.00. The van der Waals surface area contributed by atoms with Crippen molar-refractivity contribution in [3.63, 3.8) is 0 Å². The van der Waals surface area contributed by atoms with E-state index in [-0.39, 0.29) is 0 Å². The number of carbonyl (C=O) groups excluding carboxylic acids is 1. The van der Waals surface area contributed by atoms with Crippen LogP contribution in [-0.4, -0.2) is 52.7 Å². The minimum atomic E-state index is 0.737. The number of aryl methyl sites for hydroxylation is 2. The molecule has 0 spiro atoms. The number of nitrogens with zero attached hydrogens (tertiary/aromatic N) is 4. The number of pyridine rings is 1. The van der Waals surface area contributed by atoms with Crippen LogP contribution in [0.1, 0.15) is 11.3 Å². The van der Waals surface area contributed by atoms with Crippen molar-refractivity contribution in [1.29, 1.82) is 0 Å². The predicted octanol–water partition coefficient (Wildman–Crippen LogP) is 1.44. The highest BCUT2D eigenvalue weighted by atomic mass is 16.1. The molecule has 0 aliphatic carbocycles. The number of hydrogen-bond donors (Lipinski definition) is 2. The number of anilines is 3. The number of nitrogens with one attached hydrogen (secondary N) is 2. The van der Waals surface area contributed by atoms with E-state index in [0.29, 0.717) is 0 Å². The molecule has 0 radical (unpaired) electrons. The number of amides is 1. The van der Waals surface area contributed by atoms with Gasteiger partial charge in [-0.05, 0) is 31.5 Å². The summed E-state index contributed by atoms with van der Waals surface area (Å²) in [7, 11) is 0. The van der Waals surface area contributed by atoms with E-state index in [1.807, 2.05) is 26.0 Å². The Bertz CT molecular complexity index is 660. The number of hydrogen-bond acceptors (Lipinski definition) is 5. The second-order valence-corrected chi connectivity index (χ2v) is 5.58. The number of aromatic amines is 1. The Hall–Kier alpha value is -2.57. The summed E-state index contributed by atoms with van der Waals surface area (Å²) < 4.78 is 0. The van der Waals surface area contributed by atoms with E-state index < -0.39 is 0 Å². The third-order valence-corrected chi connectivity index (χ3v) is 3.71. The minimum absolute atomic E-state index is 0.737. The van der Waals surface area contributed by atoms with Crippen molar-refractivity contribution in [2.45, 2.75) is 13.8 Å². The second-order valence-electron chi connectivity index (χ2n) is 5.58. The predicted molar refractivity (Wildman–Crippen MR) is 85.4 cm³/mol. The number of piperazine rings is 1. The molecule has 0 atom stereocenters. The second kappa shape index (κ2) is 6.05. The van der Waals surface area contributed by atoms with E-state index in [0.717, 1.165) is 61.3 Å². The van der Waals surface area contributed by atoms with Crippen molar-refractivity contribution >= 4 is 23.9 Å². The van der Waals surface area contributed by atoms with Crippen LogP contribution in [0.2, 0.25) is 0 Å². The van der Waals surface area contributed by atoms with Gasteiger partial charge in [0.1, 0.15) is 11.6 Å². The number of H-pyrrole nitrogens is 1. The summed E-state index contributed by atoms with van der Waals surface area (Å²) >= 11 is 0. The Labute approximate surface area is 129 Å². The van der Waals surface area contributed by atoms with Gasteiger partial charge in [0.25, 0.3) is 0 Å². The van der Waals surface area contributed by atoms with E-state index in [9.17, 15) is 4.79 Å². The maximum absolute atomic E-state index is 10.8. The topological polar surface area (TPSA) is 77.2 Å². The summed E-state index contributed by atoms with van der Waals surface area (Å²) in [5.41, 5.74) is 2.14. The van der Waals surface area contributed by atoms with Crippen molar-refractivity contribution in [1.82, 2.24) is 20.1 Å². The van der Waals surface area contributed by atoms with Crippen LogP contribution in [0.3, 0.4) is 0 Å². The standard InChI is InChI=1S/C15H20N6O/c1-11-7-13(16-14-9-12(2)18-19-14)17-15(8-11)21-5-3-20(10-22)4-6-21/h7-10H,3-6H2,1-2H3,(H2,16,17,18,19). The highest BCUT2D eigenvalue weighted by Gasteiger charge is 2.17. The highest BCUT2D eigenvalue weighted by Crippen LogP contribution is 2.21. The van der Waals surface area contributed by atoms with Crippen LogP contribution in [0.25, 0.3) is 0 Å². The van der Waals surface area contributed by atoms with Gasteiger partial charge in [-0.2, -0.15) is 5.10 Å². The van der Waals surface area contributed by atoms with Crippen LogP contribution in [0.5, 0.6) is 0 Å². The third kappa shape index (κ3) is 3.19. The third-order valence-electron chi connectivity index (χ3n) is 3.71. The summed E-state index contributed by atoms with van der Waals surface area (Å²) in [6.45, 7) is 7.08. The molecule has 22 heavy (non-hydrogen) atoms. The molecular weight excluding hydrogens is 280 g/mol. The molecule has 7 nitrogen and oxygen atoms in total. The summed E-state index contributed by atoms with van der Waals surface area (Å²) in [6.07, 6.45) is 0.911. The van der Waals surface area contributed by atoms with Gasteiger partial charge in [-0.1, -0.05) is 0 Å². The molecule has 3 heterocycles. The van der Waals surface area contributed by atoms with Crippen LogP contribution >= 0.6 is 0 Å². The van der Waals surface area contributed by atoms with Gasteiger partial charge in [0.05, 0.1) is 0 Å². The van der Waals surface area contributed by atoms with Crippen LogP contribution < -0.4 is 10.2 Å². The summed E-state index contributed by atoms with van der Waals surface area (Å²) in [4.78, 5) is 19.4. The van der Waals surface area contributed by atoms with Gasteiger partial charge in [0.2, 0.25) is 6.41 Å². The minimum Gasteiger partial charge on any atom is -0.353 e. The first-order valence-electron chi connectivity index (χ1n) is 7.36. The fourth-order valence-electron chi connectivity index (χ4n) is 2.54. The smallest absolute Gasteiger partial charge is 0.209 e. The lowest BCUT2D eigenvalue weighted by Gasteiger charge is -2.33. The van der Waals surface area contributed by atoms with Crippen molar-refractivity contribution < 1.29 is 4.79 Å². The average Bonchev–Trinajstić information content (AvgIpc) is 2.92. The van der Waals surface area contributed by atoms with E-state index >= 15 is 0 Å².